The predicted molar refractivity (Wildman–Crippen MR) is 62.9 cm³/mol. The zero-order valence-corrected chi connectivity index (χ0v) is 10.5. The molecule has 0 spiro atoms. The van der Waals surface area contributed by atoms with Crippen LogP contribution < -0.4 is 14.2 Å². The number of carboxylic acid groups (broad SMARTS) is 1. The third-order valence-corrected chi connectivity index (χ3v) is 2.73. The van der Waals surface area contributed by atoms with Gasteiger partial charge in [-0.25, -0.2) is 4.79 Å². The summed E-state index contributed by atoms with van der Waals surface area (Å²) in [7, 11) is 0. The summed E-state index contributed by atoms with van der Waals surface area (Å²) in [5, 5.41) is 8.53. The first-order chi connectivity index (χ1) is 8.16. The molecule has 1 aliphatic heterocycles. The highest BCUT2D eigenvalue weighted by atomic mass is 79.9. The smallest absolute Gasteiger partial charge is 0.341 e. The molecule has 6 heteroatoms. The van der Waals surface area contributed by atoms with E-state index in [-0.39, 0.29) is 6.61 Å². The van der Waals surface area contributed by atoms with Crippen LogP contribution in [-0.2, 0) is 4.79 Å². The fourth-order valence-corrected chi connectivity index (χ4v) is 1.97. The third-order valence-electron chi connectivity index (χ3n) is 2.14. The van der Waals surface area contributed by atoms with E-state index >= 15 is 0 Å². The van der Waals surface area contributed by atoms with Crippen LogP contribution in [0.1, 0.15) is 6.42 Å². The number of carboxylic acids is 1. The molecule has 0 aromatic heterocycles. The van der Waals surface area contributed by atoms with Crippen LogP contribution in [0.15, 0.2) is 16.6 Å². The van der Waals surface area contributed by atoms with Crippen LogP contribution in [-0.4, -0.2) is 30.9 Å². The largest absolute Gasteiger partial charge is 0.489 e. The van der Waals surface area contributed by atoms with E-state index in [4.69, 9.17) is 19.3 Å². The summed E-state index contributed by atoms with van der Waals surface area (Å²) in [6, 6.07) is 3.30. The van der Waals surface area contributed by atoms with Crippen molar-refractivity contribution in [3.05, 3.63) is 16.6 Å². The van der Waals surface area contributed by atoms with Crippen molar-refractivity contribution in [3.63, 3.8) is 0 Å². The van der Waals surface area contributed by atoms with Gasteiger partial charge in [0.05, 0.1) is 17.7 Å². The summed E-state index contributed by atoms with van der Waals surface area (Å²) >= 11 is 3.34. The lowest BCUT2D eigenvalue weighted by atomic mass is 10.3. The lowest BCUT2D eigenvalue weighted by Crippen LogP contribution is -2.09. The van der Waals surface area contributed by atoms with E-state index in [1.54, 1.807) is 12.1 Å². The molecule has 0 unspecified atom stereocenters. The molecule has 5 nitrogen and oxygen atoms in total. The molecule has 1 aliphatic rings. The zero-order valence-electron chi connectivity index (χ0n) is 8.94. The van der Waals surface area contributed by atoms with Gasteiger partial charge in [0.2, 0.25) is 0 Å². The monoisotopic (exact) mass is 302 g/mol. The molecule has 0 bridgehead atoms. The van der Waals surface area contributed by atoms with Crippen molar-refractivity contribution in [1.82, 2.24) is 0 Å². The molecular weight excluding hydrogens is 292 g/mol. The van der Waals surface area contributed by atoms with E-state index in [9.17, 15) is 4.79 Å². The summed E-state index contributed by atoms with van der Waals surface area (Å²) in [5.74, 6) is 0.610. The average molecular weight is 303 g/mol. The molecule has 0 atom stereocenters. The maximum Gasteiger partial charge on any atom is 0.341 e. The van der Waals surface area contributed by atoms with Crippen molar-refractivity contribution in [2.24, 2.45) is 0 Å². The first kappa shape index (κ1) is 12.0. The van der Waals surface area contributed by atoms with Crippen LogP contribution in [0.4, 0.5) is 0 Å². The molecule has 1 N–H and O–H groups in total. The second-order valence-electron chi connectivity index (χ2n) is 3.47. The van der Waals surface area contributed by atoms with Gasteiger partial charge >= 0.3 is 5.97 Å². The predicted octanol–water partition coefficient (Wildman–Crippen LogP) is 2.07. The number of rotatable bonds is 3. The van der Waals surface area contributed by atoms with Crippen LogP contribution in [0.2, 0.25) is 0 Å². The van der Waals surface area contributed by atoms with Gasteiger partial charge in [-0.1, -0.05) is 0 Å². The zero-order chi connectivity index (χ0) is 12.3. The van der Waals surface area contributed by atoms with Gasteiger partial charge < -0.3 is 19.3 Å². The second kappa shape index (κ2) is 5.27. The van der Waals surface area contributed by atoms with Crippen LogP contribution in [0.3, 0.4) is 0 Å². The van der Waals surface area contributed by atoms with Gasteiger partial charge in [-0.05, 0) is 22.0 Å². The fourth-order valence-electron chi connectivity index (χ4n) is 1.44. The number of aliphatic carboxylic acids is 1. The van der Waals surface area contributed by atoms with E-state index in [1.165, 1.54) is 0 Å². The quantitative estimate of drug-likeness (QED) is 0.926. The summed E-state index contributed by atoms with van der Waals surface area (Å²) in [6.07, 6.45) is 0.812. The minimum atomic E-state index is -1.02. The van der Waals surface area contributed by atoms with E-state index < -0.39 is 5.97 Å². The molecular formula is C11H11BrO5. The molecule has 1 aromatic carbocycles. The summed E-state index contributed by atoms with van der Waals surface area (Å²) in [4.78, 5) is 10.4. The number of hydrogen-bond donors (Lipinski definition) is 1. The highest BCUT2D eigenvalue weighted by molar-refractivity contribution is 9.10. The number of carbonyl (C=O) groups is 1. The maximum absolute atomic E-state index is 10.4. The highest BCUT2D eigenvalue weighted by Gasteiger charge is 2.16. The Morgan fingerprint density at radius 3 is 2.94 bits per heavy atom. The topological polar surface area (TPSA) is 65.0 Å². The van der Waals surface area contributed by atoms with Gasteiger partial charge in [0.1, 0.15) is 5.75 Å². The minimum absolute atomic E-state index is 0.383. The van der Waals surface area contributed by atoms with Crippen molar-refractivity contribution in [1.29, 1.82) is 0 Å². The number of halogens is 1. The van der Waals surface area contributed by atoms with Crippen LogP contribution in [0.25, 0.3) is 0 Å². The van der Waals surface area contributed by atoms with E-state index in [1.807, 2.05) is 0 Å². The Morgan fingerprint density at radius 1 is 1.41 bits per heavy atom. The van der Waals surface area contributed by atoms with Crippen molar-refractivity contribution >= 4 is 21.9 Å². The maximum atomic E-state index is 10.4. The molecule has 0 saturated carbocycles. The van der Waals surface area contributed by atoms with Crippen molar-refractivity contribution < 1.29 is 24.1 Å². The SMILES string of the molecule is O=C(O)COc1cc(Br)c2c(c1)OCCCO2. The molecule has 0 amide bonds. The number of ether oxygens (including phenoxy) is 3. The van der Waals surface area contributed by atoms with E-state index in [2.05, 4.69) is 15.9 Å². The van der Waals surface area contributed by atoms with Crippen LogP contribution in [0.5, 0.6) is 17.2 Å². The highest BCUT2D eigenvalue weighted by Crippen LogP contribution is 2.40. The Bertz CT molecular complexity index is 432. The lowest BCUT2D eigenvalue weighted by molar-refractivity contribution is -0.139. The lowest BCUT2D eigenvalue weighted by Gasteiger charge is -2.11. The summed E-state index contributed by atoms with van der Waals surface area (Å²) in [5.41, 5.74) is 0. The number of benzene rings is 1. The first-order valence-electron chi connectivity index (χ1n) is 5.10. The molecule has 2 rings (SSSR count). The molecule has 0 radical (unpaired) electrons. The Morgan fingerprint density at radius 2 is 2.18 bits per heavy atom. The van der Waals surface area contributed by atoms with Crippen LogP contribution >= 0.6 is 15.9 Å². The van der Waals surface area contributed by atoms with Crippen LogP contribution in [0, 0.1) is 0 Å². The van der Waals surface area contributed by atoms with E-state index in [0.717, 1.165) is 6.42 Å². The van der Waals surface area contributed by atoms with Gasteiger partial charge in [-0.15, -0.1) is 0 Å². The molecule has 17 heavy (non-hydrogen) atoms. The van der Waals surface area contributed by atoms with E-state index in [0.29, 0.717) is 34.9 Å². The van der Waals surface area contributed by atoms with Gasteiger partial charge in [-0.3, -0.25) is 0 Å². The molecule has 0 fully saturated rings. The van der Waals surface area contributed by atoms with Gasteiger partial charge in [0, 0.05) is 12.5 Å². The average Bonchev–Trinajstić information content (AvgIpc) is 2.51. The second-order valence-corrected chi connectivity index (χ2v) is 4.32. The molecule has 0 aliphatic carbocycles. The molecule has 0 saturated heterocycles. The van der Waals surface area contributed by atoms with Gasteiger partial charge in [0.25, 0.3) is 0 Å². The van der Waals surface area contributed by atoms with Crippen molar-refractivity contribution in [2.75, 3.05) is 19.8 Å². The third kappa shape index (κ3) is 3.03. The van der Waals surface area contributed by atoms with Crippen molar-refractivity contribution in [2.45, 2.75) is 6.42 Å². The Hall–Kier alpha value is -1.43. The van der Waals surface area contributed by atoms with Gasteiger partial charge in [-0.2, -0.15) is 0 Å². The number of fused-ring (bicyclic) bond motifs is 1. The standard InChI is InChI=1S/C11H11BrO5/c12-8-4-7(17-6-10(13)14)5-9-11(8)16-3-1-2-15-9/h4-5H,1-3,6H2,(H,13,14). The normalized spacial score (nSPS) is 13.9. The Labute approximate surface area is 106 Å². The number of hydrogen-bond acceptors (Lipinski definition) is 4. The summed E-state index contributed by atoms with van der Waals surface area (Å²) < 4.78 is 16.8. The molecule has 1 aromatic rings. The summed E-state index contributed by atoms with van der Waals surface area (Å²) in [6.45, 7) is 0.787. The first-order valence-corrected chi connectivity index (χ1v) is 5.90. The van der Waals surface area contributed by atoms with Gasteiger partial charge in [0.15, 0.2) is 18.1 Å². The molecule has 1 heterocycles. The van der Waals surface area contributed by atoms with Crippen molar-refractivity contribution in [3.8, 4) is 17.2 Å². The Balaban J connectivity index is 2.22. The fraction of sp³-hybridized carbons (Fsp3) is 0.364. The minimum Gasteiger partial charge on any atom is -0.489 e. The molecule has 92 valence electrons. The Kier molecular flexibility index (Phi) is 3.73.